The first-order valence-corrected chi connectivity index (χ1v) is 18.2. The van der Waals surface area contributed by atoms with Crippen molar-refractivity contribution in [2.45, 2.75) is 18.2 Å². The topological polar surface area (TPSA) is 231 Å². The fourth-order valence-electron chi connectivity index (χ4n) is 5.12. The van der Waals surface area contributed by atoms with Crippen LogP contribution in [0.3, 0.4) is 0 Å². The number of rotatable bonds is 12. The molecule has 4 aromatic rings. The number of ketones is 1. The Morgan fingerprint density at radius 2 is 1.79 bits per heavy atom. The molecule has 0 radical (unpaired) electrons. The summed E-state index contributed by atoms with van der Waals surface area (Å²) in [5.41, 5.74) is 2.83. The van der Waals surface area contributed by atoms with Crippen LogP contribution in [0, 0.1) is 0 Å². The van der Waals surface area contributed by atoms with E-state index in [1.165, 1.54) is 12.1 Å². The molecule has 3 heterocycles. The summed E-state index contributed by atoms with van der Waals surface area (Å²) in [7, 11) is -8.77. The molecule has 254 valence electrons. The lowest BCUT2D eigenvalue weighted by Gasteiger charge is -2.34. The molecule has 1 fully saturated rings. The molecule has 1 saturated heterocycles. The molecule has 0 bridgehead atoms. The van der Waals surface area contributed by atoms with E-state index in [9.17, 15) is 38.3 Å². The number of allylic oxidation sites excluding steroid dienone is 1. The molecule has 0 unspecified atom stereocenters. The molecule has 19 heteroatoms. The molecule has 48 heavy (non-hydrogen) atoms. The largest absolute Gasteiger partial charge is 0.424 e. The third-order valence-corrected chi connectivity index (χ3v) is 11.6. The number of esters is 1. The number of aromatic nitrogens is 4. The van der Waals surface area contributed by atoms with Gasteiger partial charge in [0.1, 0.15) is 5.15 Å². The van der Waals surface area contributed by atoms with Gasteiger partial charge in [0, 0.05) is 49.9 Å². The minimum atomic E-state index is -5.37. The van der Waals surface area contributed by atoms with Crippen molar-refractivity contribution in [1.82, 2.24) is 25.1 Å². The van der Waals surface area contributed by atoms with Gasteiger partial charge in [-0.2, -0.15) is 10.1 Å². The van der Waals surface area contributed by atoms with E-state index in [1.807, 2.05) is 11.9 Å². The zero-order valence-corrected chi connectivity index (χ0v) is 28.0. The summed E-state index contributed by atoms with van der Waals surface area (Å²) in [5.74, 6) is -1.34. The summed E-state index contributed by atoms with van der Waals surface area (Å²) in [6.45, 7) is 6.07. The van der Waals surface area contributed by atoms with Gasteiger partial charge >= 0.3 is 21.2 Å². The molecule has 1 aliphatic heterocycles. The summed E-state index contributed by atoms with van der Waals surface area (Å²) in [6, 6.07) is 12.0. The van der Waals surface area contributed by atoms with Gasteiger partial charge in [0.2, 0.25) is 5.95 Å². The molecule has 1 aliphatic rings. The van der Waals surface area contributed by atoms with Crippen LogP contribution in [0.4, 0.5) is 17.3 Å². The van der Waals surface area contributed by atoms with E-state index in [-0.39, 0.29) is 34.7 Å². The lowest BCUT2D eigenvalue weighted by atomic mass is 10.0. The van der Waals surface area contributed by atoms with Crippen LogP contribution in [-0.2, 0) is 25.1 Å². The minimum Gasteiger partial charge on any atom is -0.424 e. The quantitative estimate of drug-likeness (QED) is 0.0533. The number of carbonyl (C=O) groups is 2. The minimum absolute atomic E-state index is 0.0200. The van der Waals surface area contributed by atoms with Gasteiger partial charge in [0.25, 0.3) is 0 Å². The Balaban J connectivity index is 1.50. The zero-order valence-electron chi connectivity index (χ0n) is 25.5. The van der Waals surface area contributed by atoms with E-state index in [0.29, 0.717) is 54.2 Å². The number of fused-ring (bicyclic) bond motifs is 1. The lowest BCUT2D eigenvalue weighted by Crippen LogP contribution is -2.44. The average Bonchev–Trinajstić information content (AvgIpc) is 3.39. The SMILES string of the molecule is C=CC(=O)Cc1cccc(-c2nc(Nc3ccc(N4CCN(C)CC4)c(OC(=O)CC(P(=O)(O)O)P(=O)(O)O)c3)nc3n[nH]c(Cl)c23)c1. The van der Waals surface area contributed by atoms with E-state index < -0.39 is 33.0 Å². The van der Waals surface area contributed by atoms with E-state index in [4.69, 9.17) is 16.3 Å². The first-order chi connectivity index (χ1) is 22.6. The van der Waals surface area contributed by atoms with Crippen molar-refractivity contribution in [2.75, 3.05) is 43.4 Å². The van der Waals surface area contributed by atoms with Crippen LogP contribution in [0.15, 0.2) is 55.1 Å². The molecule has 5 rings (SSSR count). The van der Waals surface area contributed by atoms with Crippen molar-refractivity contribution in [3.63, 3.8) is 0 Å². The number of hydrogen-bond acceptors (Lipinski definition) is 11. The van der Waals surface area contributed by atoms with Crippen molar-refractivity contribution in [1.29, 1.82) is 0 Å². The molecule has 0 atom stereocenters. The molecular weight excluding hydrogens is 688 g/mol. The summed E-state index contributed by atoms with van der Waals surface area (Å²) < 4.78 is 29.1. The number of ether oxygens (including phenoxy) is 1. The Bertz CT molecular complexity index is 1950. The number of carbonyl (C=O) groups excluding carboxylic acids is 2. The number of piperazine rings is 1. The fraction of sp³-hybridized carbons (Fsp3) is 0.276. The van der Waals surface area contributed by atoms with Crippen molar-refractivity contribution >= 4 is 66.9 Å². The van der Waals surface area contributed by atoms with Crippen LogP contribution >= 0.6 is 26.8 Å². The van der Waals surface area contributed by atoms with Crippen LogP contribution in [0.25, 0.3) is 22.3 Å². The second-order valence-corrected chi connectivity index (χ2v) is 15.5. The number of aromatic amines is 1. The number of likely N-dealkylation sites (N-methyl/N-ethyl adjacent to an activating group) is 1. The van der Waals surface area contributed by atoms with Gasteiger partial charge in [-0.25, -0.2) is 4.98 Å². The van der Waals surface area contributed by atoms with Gasteiger partial charge in [0.05, 0.1) is 23.2 Å². The van der Waals surface area contributed by atoms with Crippen LogP contribution in [0.2, 0.25) is 5.15 Å². The Kier molecular flexibility index (Phi) is 10.5. The molecule has 0 aliphatic carbocycles. The van der Waals surface area contributed by atoms with Crippen LogP contribution in [0.5, 0.6) is 5.75 Å². The standard InChI is InChI=1S/C29H32ClN7O9P2/c1-3-20(38)14-17-5-4-6-18(13-17)26-25-27(30)34-35-28(25)33-29(32-26)31-19-7-8-21(37-11-9-36(2)10-12-37)22(15-19)46-23(39)16-24(47(40,41)42)48(43,44)45/h3-8,13,15,24H,1,9-12,14,16H2,2H3,(H2,40,41,42)(H2,43,44,45)(H2,31,32,33,34,35). The summed E-state index contributed by atoms with van der Waals surface area (Å²) in [6.07, 6.45) is 0.160. The number of anilines is 3. The van der Waals surface area contributed by atoms with Crippen molar-refractivity contribution in [3.05, 3.63) is 65.8 Å². The third-order valence-electron chi connectivity index (χ3n) is 7.59. The van der Waals surface area contributed by atoms with Gasteiger partial charge < -0.3 is 39.4 Å². The lowest BCUT2D eigenvalue weighted by molar-refractivity contribution is -0.134. The van der Waals surface area contributed by atoms with E-state index in [2.05, 4.69) is 37.0 Å². The monoisotopic (exact) mass is 719 g/mol. The Labute approximate surface area is 279 Å². The molecule has 2 aromatic carbocycles. The van der Waals surface area contributed by atoms with Gasteiger partial charge in [0.15, 0.2) is 22.6 Å². The molecule has 0 spiro atoms. The zero-order chi connectivity index (χ0) is 34.8. The Morgan fingerprint density at radius 1 is 1.08 bits per heavy atom. The van der Waals surface area contributed by atoms with E-state index in [1.54, 1.807) is 36.4 Å². The molecule has 2 aromatic heterocycles. The maximum absolute atomic E-state index is 12.9. The summed E-state index contributed by atoms with van der Waals surface area (Å²) >= 11 is 6.41. The maximum atomic E-state index is 12.9. The van der Waals surface area contributed by atoms with E-state index in [0.717, 1.165) is 5.56 Å². The molecule has 16 nitrogen and oxygen atoms in total. The first kappa shape index (κ1) is 35.3. The van der Waals surface area contributed by atoms with Gasteiger partial charge in [-0.05, 0) is 36.9 Å². The molecule has 0 amide bonds. The number of halogens is 1. The Hall–Kier alpha value is -3.98. The molecule has 6 N–H and O–H groups in total. The fourth-order valence-corrected chi connectivity index (χ4v) is 7.67. The van der Waals surface area contributed by atoms with Gasteiger partial charge in [-0.3, -0.25) is 23.8 Å². The summed E-state index contributed by atoms with van der Waals surface area (Å²) in [5, 5.41) is 8.01. The first-order valence-electron chi connectivity index (χ1n) is 14.4. The van der Waals surface area contributed by atoms with Gasteiger partial charge in [-0.1, -0.05) is 36.4 Å². The maximum Gasteiger partial charge on any atom is 0.341 e. The molecular formula is C29H32ClN7O9P2. The number of benzene rings is 2. The highest BCUT2D eigenvalue weighted by molar-refractivity contribution is 7.70. The third kappa shape index (κ3) is 8.35. The number of H-pyrrole nitrogens is 1. The highest BCUT2D eigenvalue weighted by atomic mass is 35.5. The van der Waals surface area contributed by atoms with Crippen LogP contribution < -0.4 is 15.0 Å². The predicted molar refractivity (Wildman–Crippen MR) is 179 cm³/mol. The number of hydrogen-bond donors (Lipinski definition) is 6. The highest BCUT2D eigenvalue weighted by Gasteiger charge is 2.45. The van der Waals surface area contributed by atoms with Crippen LogP contribution in [-0.4, -0.2) is 95.0 Å². The highest BCUT2D eigenvalue weighted by Crippen LogP contribution is 2.61. The van der Waals surface area contributed by atoms with Crippen molar-refractivity contribution < 1.29 is 43.0 Å². The van der Waals surface area contributed by atoms with Crippen molar-refractivity contribution in [3.8, 4) is 17.0 Å². The second kappa shape index (κ2) is 14.2. The smallest absolute Gasteiger partial charge is 0.341 e. The normalized spacial score (nSPS) is 14.4. The molecule has 0 saturated carbocycles. The predicted octanol–water partition coefficient (Wildman–Crippen LogP) is 3.44. The Morgan fingerprint density at radius 3 is 2.46 bits per heavy atom. The van der Waals surface area contributed by atoms with Gasteiger partial charge in [-0.15, -0.1) is 0 Å². The summed E-state index contributed by atoms with van der Waals surface area (Å²) in [4.78, 5) is 76.1. The van der Waals surface area contributed by atoms with Crippen LogP contribution in [0.1, 0.15) is 12.0 Å². The second-order valence-electron chi connectivity index (χ2n) is 11.1. The number of nitrogens with one attached hydrogen (secondary N) is 2. The average molecular weight is 720 g/mol. The van der Waals surface area contributed by atoms with Crippen molar-refractivity contribution in [2.24, 2.45) is 0 Å². The van der Waals surface area contributed by atoms with E-state index >= 15 is 0 Å². The number of nitrogens with zero attached hydrogens (tertiary/aromatic N) is 5.